The third kappa shape index (κ3) is 4.81. The molecule has 1 aromatic carbocycles. The number of hydrogen-bond acceptors (Lipinski definition) is 5. The van der Waals surface area contributed by atoms with Crippen LogP contribution in [0.3, 0.4) is 0 Å². The van der Waals surface area contributed by atoms with Crippen LogP contribution in [-0.4, -0.2) is 32.6 Å². The average Bonchev–Trinajstić information content (AvgIpc) is 3.13. The lowest BCUT2D eigenvalue weighted by Gasteiger charge is -2.18. The number of carbonyl (C=O) groups is 2. The number of methoxy groups -OCH3 is 2. The Morgan fingerprint density at radius 2 is 1.88 bits per heavy atom. The summed E-state index contributed by atoms with van der Waals surface area (Å²) in [5, 5.41) is 9.00. The Bertz CT molecular complexity index is 673. The molecule has 0 radical (unpaired) electrons. The number of benzene rings is 1. The van der Waals surface area contributed by atoms with Crippen LogP contribution in [0.1, 0.15) is 17.2 Å². The van der Waals surface area contributed by atoms with Crippen molar-refractivity contribution in [1.82, 2.24) is 10.6 Å². The summed E-state index contributed by atoms with van der Waals surface area (Å²) in [4.78, 5) is 23.7. The van der Waals surface area contributed by atoms with Crippen LogP contribution in [-0.2, 0) is 20.9 Å². The molecule has 0 aliphatic heterocycles. The number of amides is 2. The van der Waals surface area contributed by atoms with Gasteiger partial charge in [-0.25, -0.2) is 0 Å². The number of rotatable bonds is 7. The van der Waals surface area contributed by atoms with Crippen molar-refractivity contribution in [3.05, 3.63) is 52.2 Å². The second-order valence-corrected chi connectivity index (χ2v) is 5.77. The zero-order valence-corrected chi connectivity index (χ0v) is 14.4. The van der Waals surface area contributed by atoms with Crippen LogP contribution in [0, 0.1) is 0 Å². The van der Waals surface area contributed by atoms with E-state index in [4.69, 9.17) is 9.47 Å². The topological polar surface area (TPSA) is 76.7 Å². The second kappa shape index (κ2) is 9.05. The van der Waals surface area contributed by atoms with Crippen molar-refractivity contribution in [3.63, 3.8) is 0 Å². The highest BCUT2D eigenvalue weighted by atomic mass is 32.1. The summed E-state index contributed by atoms with van der Waals surface area (Å²) in [6.45, 7) is 0.498. The minimum absolute atomic E-state index is 0.168. The third-order valence-corrected chi connectivity index (χ3v) is 4.19. The van der Waals surface area contributed by atoms with E-state index in [-0.39, 0.29) is 6.54 Å². The fraction of sp³-hybridized carbons (Fsp3) is 0.294. The van der Waals surface area contributed by atoms with Crippen LogP contribution in [0.5, 0.6) is 5.75 Å². The van der Waals surface area contributed by atoms with Crippen molar-refractivity contribution in [1.29, 1.82) is 0 Å². The van der Waals surface area contributed by atoms with E-state index in [1.165, 1.54) is 11.3 Å². The maximum absolute atomic E-state index is 11.9. The summed E-state index contributed by atoms with van der Waals surface area (Å²) in [7, 11) is 3.11. The van der Waals surface area contributed by atoms with E-state index in [0.29, 0.717) is 12.3 Å². The Balaban J connectivity index is 1.87. The summed E-state index contributed by atoms with van der Waals surface area (Å²) in [5.41, 5.74) is 1.77. The van der Waals surface area contributed by atoms with Crippen molar-refractivity contribution >= 4 is 23.2 Å². The van der Waals surface area contributed by atoms with Gasteiger partial charge in [-0.15, -0.1) is 0 Å². The number of nitrogens with one attached hydrogen (secondary N) is 2. The van der Waals surface area contributed by atoms with E-state index in [2.05, 4.69) is 10.6 Å². The van der Waals surface area contributed by atoms with E-state index in [0.717, 1.165) is 11.1 Å². The highest BCUT2D eigenvalue weighted by Gasteiger charge is 2.19. The van der Waals surface area contributed by atoms with Crippen LogP contribution in [0.15, 0.2) is 41.1 Å². The van der Waals surface area contributed by atoms with Crippen molar-refractivity contribution < 1.29 is 19.1 Å². The van der Waals surface area contributed by atoms with Crippen LogP contribution in [0.25, 0.3) is 0 Å². The molecule has 2 aromatic rings. The maximum atomic E-state index is 11.9. The highest BCUT2D eigenvalue weighted by Crippen LogP contribution is 2.26. The quantitative estimate of drug-likeness (QED) is 0.749. The minimum Gasteiger partial charge on any atom is -0.496 e. The summed E-state index contributed by atoms with van der Waals surface area (Å²) in [6.07, 6.45) is -0.408. The largest absolute Gasteiger partial charge is 0.496 e. The van der Waals surface area contributed by atoms with Gasteiger partial charge in [-0.1, -0.05) is 18.2 Å². The Morgan fingerprint density at radius 3 is 2.54 bits per heavy atom. The van der Waals surface area contributed by atoms with Gasteiger partial charge in [0.2, 0.25) is 0 Å². The Kier molecular flexibility index (Phi) is 6.77. The van der Waals surface area contributed by atoms with E-state index >= 15 is 0 Å². The summed E-state index contributed by atoms with van der Waals surface area (Å²) >= 11 is 1.54. The zero-order chi connectivity index (χ0) is 17.4. The van der Waals surface area contributed by atoms with Crippen LogP contribution in [0.4, 0.5) is 0 Å². The molecular formula is C17H20N2O4S. The fourth-order valence-corrected chi connectivity index (χ4v) is 2.84. The molecule has 128 valence electrons. The molecular weight excluding hydrogens is 328 g/mol. The lowest BCUT2D eigenvalue weighted by atomic mass is 10.1. The Labute approximate surface area is 144 Å². The first kappa shape index (κ1) is 18.0. The summed E-state index contributed by atoms with van der Waals surface area (Å²) in [5.74, 6) is -0.696. The SMILES string of the molecule is COc1ccccc1C(CNC(=O)C(=O)NCc1ccsc1)OC. The smallest absolute Gasteiger partial charge is 0.309 e. The molecule has 2 rings (SSSR count). The molecule has 0 bridgehead atoms. The molecule has 1 unspecified atom stereocenters. The van der Waals surface area contributed by atoms with Gasteiger partial charge in [-0.2, -0.15) is 11.3 Å². The van der Waals surface area contributed by atoms with Gasteiger partial charge in [0, 0.05) is 25.8 Å². The predicted molar refractivity (Wildman–Crippen MR) is 91.9 cm³/mol. The lowest BCUT2D eigenvalue weighted by molar-refractivity contribution is -0.139. The number of hydrogen-bond donors (Lipinski definition) is 2. The van der Waals surface area contributed by atoms with Crippen LogP contribution >= 0.6 is 11.3 Å². The third-order valence-electron chi connectivity index (χ3n) is 3.46. The number of ether oxygens (including phenoxy) is 2. The second-order valence-electron chi connectivity index (χ2n) is 4.99. The Morgan fingerprint density at radius 1 is 1.12 bits per heavy atom. The Hall–Kier alpha value is -2.38. The van der Waals surface area contributed by atoms with Gasteiger partial charge < -0.3 is 20.1 Å². The summed E-state index contributed by atoms with van der Waals surface area (Å²) < 4.78 is 10.7. The zero-order valence-electron chi connectivity index (χ0n) is 13.6. The van der Waals surface area contributed by atoms with E-state index in [9.17, 15) is 9.59 Å². The molecule has 0 aliphatic rings. The molecule has 1 atom stereocenters. The van der Waals surface area contributed by atoms with Crippen molar-refractivity contribution in [2.45, 2.75) is 12.6 Å². The summed E-state index contributed by atoms with van der Waals surface area (Å²) in [6, 6.07) is 9.28. The van der Waals surface area contributed by atoms with Crippen molar-refractivity contribution in [2.24, 2.45) is 0 Å². The molecule has 24 heavy (non-hydrogen) atoms. The molecule has 1 aromatic heterocycles. The van der Waals surface area contributed by atoms with Gasteiger partial charge >= 0.3 is 11.8 Å². The first-order valence-corrected chi connectivity index (χ1v) is 8.32. The van der Waals surface area contributed by atoms with E-state index < -0.39 is 17.9 Å². The molecule has 2 N–H and O–H groups in total. The maximum Gasteiger partial charge on any atom is 0.309 e. The number of thiophene rings is 1. The van der Waals surface area contributed by atoms with Gasteiger partial charge in [0.25, 0.3) is 0 Å². The molecule has 7 heteroatoms. The molecule has 0 saturated carbocycles. The monoisotopic (exact) mass is 348 g/mol. The van der Waals surface area contributed by atoms with E-state index in [1.54, 1.807) is 14.2 Å². The molecule has 0 aliphatic carbocycles. The highest BCUT2D eigenvalue weighted by molar-refractivity contribution is 7.07. The standard InChI is InChI=1S/C17H20N2O4S/c1-22-14-6-4-3-5-13(14)15(23-2)10-19-17(21)16(20)18-9-12-7-8-24-11-12/h3-8,11,15H,9-10H2,1-2H3,(H,18,20)(H,19,21). The predicted octanol–water partition coefficient (Wildman–Crippen LogP) is 1.88. The molecule has 0 spiro atoms. The van der Waals surface area contributed by atoms with Crippen LogP contribution < -0.4 is 15.4 Å². The van der Waals surface area contributed by atoms with E-state index in [1.807, 2.05) is 41.1 Å². The van der Waals surface area contributed by atoms with Gasteiger partial charge in [0.1, 0.15) is 11.9 Å². The normalized spacial score (nSPS) is 11.6. The molecule has 1 heterocycles. The van der Waals surface area contributed by atoms with Gasteiger partial charge in [-0.3, -0.25) is 9.59 Å². The fourth-order valence-electron chi connectivity index (χ4n) is 2.17. The molecule has 0 fully saturated rings. The van der Waals surface area contributed by atoms with Gasteiger partial charge in [0.05, 0.1) is 7.11 Å². The number of para-hydroxylation sites is 1. The number of carbonyl (C=O) groups excluding carboxylic acids is 2. The minimum atomic E-state index is -0.692. The first-order valence-electron chi connectivity index (χ1n) is 7.38. The van der Waals surface area contributed by atoms with Crippen molar-refractivity contribution in [2.75, 3.05) is 20.8 Å². The molecule has 2 amide bonds. The average molecular weight is 348 g/mol. The lowest BCUT2D eigenvalue weighted by Crippen LogP contribution is -2.41. The molecule has 6 nitrogen and oxygen atoms in total. The van der Waals surface area contributed by atoms with Gasteiger partial charge in [0.15, 0.2) is 0 Å². The molecule has 0 saturated heterocycles. The van der Waals surface area contributed by atoms with Crippen molar-refractivity contribution in [3.8, 4) is 5.75 Å². The van der Waals surface area contributed by atoms with Gasteiger partial charge in [-0.05, 0) is 28.5 Å². The van der Waals surface area contributed by atoms with Crippen LogP contribution in [0.2, 0.25) is 0 Å². The first-order chi connectivity index (χ1) is 11.7.